The van der Waals surface area contributed by atoms with Crippen LogP contribution in [0.2, 0.25) is 0 Å². The van der Waals surface area contributed by atoms with Gasteiger partial charge in [0.1, 0.15) is 17.8 Å². The Morgan fingerprint density at radius 2 is 1.28 bits per heavy atom. The van der Waals surface area contributed by atoms with Gasteiger partial charge in [-0.1, -0.05) is 36.4 Å². The standard InChI is InChI=1S/C22H19FN6/c23-16-11-13-17(14-12-16)27-21-20(24)22(26-15-25-21)28-29(18-7-3-1-4-8-18)19-9-5-2-6-10-19/h1-15H,24H2,(H2,25,26,27,28). The number of para-hydroxylation sites is 2. The van der Waals surface area contributed by atoms with E-state index < -0.39 is 0 Å². The number of halogens is 1. The van der Waals surface area contributed by atoms with Crippen LogP contribution in [0.1, 0.15) is 0 Å². The van der Waals surface area contributed by atoms with Gasteiger partial charge in [-0.2, -0.15) is 0 Å². The third-order valence-corrected chi connectivity index (χ3v) is 4.24. The Bertz CT molecular complexity index is 1030. The van der Waals surface area contributed by atoms with Crippen LogP contribution in [-0.4, -0.2) is 9.97 Å². The van der Waals surface area contributed by atoms with Crippen molar-refractivity contribution in [3.8, 4) is 0 Å². The predicted molar refractivity (Wildman–Crippen MR) is 115 cm³/mol. The van der Waals surface area contributed by atoms with Gasteiger partial charge in [0, 0.05) is 5.69 Å². The lowest BCUT2D eigenvalue weighted by atomic mass is 10.2. The minimum absolute atomic E-state index is 0.310. The Balaban J connectivity index is 1.65. The van der Waals surface area contributed by atoms with E-state index in [1.807, 2.05) is 65.7 Å². The van der Waals surface area contributed by atoms with E-state index in [0.717, 1.165) is 11.4 Å². The summed E-state index contributed by atoms with van der Waals surface area (Å²) in [5, 5.41) is 4.98. The molecule has 1 aromatic heterocycles. The molecule has 0 fully saturated rings. The van der Waals surface area contributed by atoms with Gasteiger partial charge in [0.05, 0.1) is 11.4 Å². The van der Waals surface area contributed by atoms with Crippen molar-refractivity contribution in [3.05, 3.63) is 97.1 Å². The fraction of sp³-hybridized carbons (Fsp3) is 0. The van der Waals surface area contributed by atoms with E-state index >= 15 is 0 Å². The van der Waals surface area contributed by atoms with E-state index in [9.17, 15) is 4.39 Å². The summed E-state index contributed by atoms with van der Waals surface area (Å²) in [5.74, 6) is 0.558. The molecule has 0 aliphatic heterocycles. The highest BCUT2D eigenvalue weighted by Crippen LogP contribution is 2.30. The minimum atomic E-state index is -0.310. The second-order valence-corrected chi connectivity index (χ2v) is 6.23. The van der Waals surface area contributed by atoms with Crippen LogP contribution in [-0.2, 0) is 0 Å². The van der Waals surface area contributed by atoms with Gasteiger partial charge in [-0.05, 0) is 48.5 Å². The van der Waals surface area contributed by atoms with Gasteiger partial charge < -0.3 is 11.1 Å². The van der Waals surface area contributed by atoms with Crippen molar-refractivity contribution in [2.24, 2.45) is 0 Å². The normalized spacial score (nSPS) is 10.4. The van der Waals surface area contributed by atoms with Crippen molar-refractivity contribution in [1.29, 1.82) is 0 Å². The highest BCUT2D eigenvalue weighted by molar-refractivity contribution is 5.80. The summed E-state index contributed by atoms with van der Waals surface area (Å²) >= 11 is 0. The van der Waals surface area contributed by atoms with Crippen LogP contribution >= 0.6 is 0 Å². The van der Waals surface area contributed by atoms with Crippen molar-refractivity contribution < 1.29 is 4.39 Å². The number of nitrogens with one attached hydrogen (secondary N) is 2. The summed E-state index contributed by atoms with van der Waals surface area (Å²) in [5.41, 5.74) is 12.4. The molecule has 0 atom stereocenters. The molecule has 4 N–H and O–H groups in total. The molecule has 0 saturated heterocycles. The second kappa shape index (κ2) is 8.26. The number of rotatable bonds is 6. The van der Waals surface area contributed by atoms with Crippen molar-refractivity contribution in [2.75, 3.05) is 21.5 Å². The van der Waals surface area contributed by atoms with Gasteiger partial charge in [-0.3, -0.25) is 10.4 Å². The molecule has 29 heavy (non-hydrogen) atoms. The molecule has 4 aromatic rings. The van der Waals surface area contributed by atoms with Crippen molar-refractivity contribution in [3.63, 3.8) is 0 Å². The Hall–Kier alpha value is -4.13. The van der Waals surface area contributed by atoms with Gasteiger partial charge in [-0.25, -0.2) is 14.4 Å². The molecule has 0 radical (unpaired) electrons. The minimum Gasteiger partial charge on any atom is -0.393 e. The topological polar surface area (TPSA) is 79.1 Å². The van der Waals surface area contributed by atoms with Crippen LogP contribution in [0.15, 0.2) is 91.3 Å². The van der Waals surface area contributed by atoms with Crippen LogP contribution in [0, 0.1) is 5.82 Å². The molecule has 0 saturated carbocycles. The predicted octanol–water partition coefficient (Wildman–Crippen LogP) is 5.11. The maximum atomic E-state index is 13.1. The van der Waals surface area contributed by atoms with Crippen LogP contribution in [0.25, 0.3) is 0 Å². The molecule has 3 aromatic carbocycles. The summed E-state index contributed by atoms with van der Waals surface area (Å²) in [6, 6.07) is 25.6. The Labute approximate surface area is 167 Å². The summed E-state index contributed by atoms with van der Waals surface area (Å²) in [4.78, 5) is 8.51. The molecule has 0 aliphatic rings. The van der Waals surface area contributed by atoms with E-state index in [0.29, 0.717) is 23.0 Å². The summed E-state index contributed by atoms with van der Waals surface area (Å²) in [6.45, 7) is 0. The average Bonchev–Trinajstić information content (AvgIpc) is 2.77. The first-order valence-corrected chi connectivity index (χ1v) is 9.00. The molecule has 144 valence electrons. The van der Waals surface area contributed by atoms with Crippen LogP contribution in [0.4, 0.5) is 38.8 Å². The van der Waals surface area contributed by atoms with Gasteiger partial charge in [-0.15, -0.1) is 0 Å². The number of nitrogen functional groups attached to an aromatic ring is 1. The zero-order valence-electron chi connectivity index (χ0n) is 15.5. The van der Waals surface area contributed by atoms with Crippen LogP contribution in [0.3, 0.4) is 0 Å². The van der Waals surface area contributed by atoms with E-state index in [1.54, 1.807) is 12.1 Å². The number of nitrogens with zero attached hydrogens (tertiary/aromatic N) is 3. The number of hydrogen-bond acceptors (Lipinski definition) is 6. The lowest BCUT2D eigenvalue weighted by Crippen LogP contribution is -2.26. The molecule has 4 rings (SSSR count). The van der Waals surface area contributed by atoms with Crippen molar-refractivity contribution in [1.82, 2.24) is 9.97 Å². The number of benzene rings is 3. The van der Waals surface area contributed by atoms with Crippen LogP contribution < -0.4 is 21.5 Å². The number of hydrazine groups is 1. The first-order valence-electron chi connectivity index (χ1n) is 9.00. The number of hydrogen-bond donors (Lipinski definition) is 3. The Morgan fingerprint density at radius 1 is 0.724 bits per heavy atom. The molecule has 0 amide bonds. The highest BCUT2D eigenvalue weighted by atomic mass is 19.1. The lowest BCUT2D eigenvalue weighted by molar-refractivity contribution is 0.628. The molecule has 0 bridgehead atoms. The number of nitrogens with two attached hydrogens (primary N) is 1. The SMILES string of the molecule is Nc1c(Nc2ccc(F)cc2)ncnc1NN(c1ccccc1)c1ccccc1. The van der Waals surface area contributed by atoms with E-state index in [4.69, 9.17) is 5.73 Å². The third kappa shape index (κ3) is 4.24. The molecule has 0 unspecified atom stereocenters. The smallest absolute Gasteiger partial charge is 0.173 e. The summed E-state index contributed by atoms with van der Waals surface area (Å²) in [7, 11) is 0. The summed E-state index contributed by atoms with van der Waals surface area (Å²) < 4.78 is 13.1. The zero-order valence-corrected chi connectivity index (χ0v) is 15.5. The molecule has 1 heterocycles. The second-order valence-electron chi connectivity index (χ2n) is 6.23. The van der Waals surface area contributed by atoms with Gasteiger partial charge in [0.25, 0.3) is 0 Å². The maximum absolute atomic E-state index is 13.1. The molecular weight excluding hydrogens is 367 g/mol. The monoisotopic (exact) mass is 386 g/mol. The highest BCUT2D eigenvalue weighted by Gasteiger charge is 2.14. The maximum Gasteiger partial charge on any atom is 0.173 e. The lowest BCUT2D eigenvalue weighted by Gasteiger charge is -2.26. The van der Waals surface area contributed by atoms with E-state index in [-0.39, 0.29) is 5.82 Å². The fourth-order valence-electron chi connectivity index (χ4n) is 2.79. The summed E-state index contributed by atoms with van der Waals surface area (Å²) in [6.07, 6.45) is 1.42. The Kier molecular flexibility index (Phi) is 5.20. The van der Waals surface area contributed by atoms with Gasteiger partial charge in [0.2, 0.25) is 0 Å². The fourth-order valence-corrected chi connectivity index (χ4v) is 2.79. The van der Waals surface area contributed by atoms with E-state index in [2.05, 4.69) is 20.7 Å². The third-order valence-electron chi connectivity index (χ3n) is 4.24. The van der Waals surface area contributed by atoms with Gasteiger partial charge in [0.15, 0.2) is 11.6 Å². The molecule has 6 nitrogen and oxygen atoms in total. The molecular formula is C22H19FN6. The first kappa shape index (κ1) is 18.2. The molecule has 0 spiro atoms. The molecule has 7 heteroatoms. The van der Waals surface area contributed by atoms with E-state index in [1.165, 1.54) is 18.5 Å². The van der Waals surface area contributed by atoms with Crippen molar-refractivity contribution >= 4 is 34.4 Å². The first-order chi connectivity index (χ1) is 14.2. The van der Waals surface area contributed by atoms with Crippen molar-refractivity contribution in [2.45, 2.75) is 0 Å². The number of aromatic nitrogens is 2. The molecule has 0 aliphatic carbocycles. The number of anilines is 6. The van der Waals surface area contributed by atoms with Gasteiger partial charge >= 0.3 is 0 Å². The average molecular weight is 386 g/mol. The van der Waals surface area contributed by atoms with Crippen LogP contribution in [0.5, 0.6) is 0 Å². The quantitative estimate of drug-likeness (QED) is 0.400. The Morgan fingerprint density at radius 3 is 1.86 bits per heavy atom. The zero-order chi connectivity index (χ0) is 20.1. The largest absolute Gasteiger partial charge is 0.393 e.